The van der Waals surface area contributed by atoms with Crippen molar-refractivity contribution >= 4 is 17.8 Å². The van der Waals surface area contributed by atoms with Gasteiger partial charge in [0.05, 0.1) is 12.1 Å². The number of aliphatic imine (C=N–C) groups is 1. The van der Waals surface area contributed by atoms with Crippen molar-refractivity contribution in [3.63, 3.8) is 0 Å². The summed E-state index contributed by atoms with van der Waals surface area (Å²) < 4.78 is 5.22. The first-order valence-electron chi connectivity index (χ1n) is 5.47. The maximum atomic E-state index is 6.10. The predicted octanol–water partition coefficient (Wildman–Crippen LogP) is 3.91. The van der Waals surface area contributed by atoms with Crippen LogP contribution in [-0.4, -0.2) is 19.9 Å². The van der Waals surface area contributed by atoms with Crippen molar-refractivity contribution in [1.82, 2.24) is 0 Å². The number of hydrogen-bond acceptors (Lipinski definition) is 2. The van der Waals surface area contributed by atoms with Gasteiger partial charge in [-0.2, -0.15) is 0 Å². The Bertz CT molecular complexity index is 386. The van der Waals surface area contributed by atoms with Gasteiger partial charge in [0.2, 0.25) is 0 Å². The normalized spacial score (nSPS) is 11.4. The molecule has 0 aliphatic carbocycles. The molecule has 0 aromatic heterocycles. The largest absolute Gasteiger partial charge is 0.495 e. The molecule has 0 saturated carbocycles. The fourth-order valence-electron chi connectivity index (χ4n) is 1.54. The Morgan fingerprint density at radius 3 is 2.62 bits per heavy atom. The zero-order valence-electron chi connectivity index (χ0n) is 10.2. The van der Waals surface area contributed by atoms with Crippen molar-refractivity contribution in [1.29, 1.82) is 0 Å². The second-order valence-corrected chi connectivity index (χ2v) is 4.31. The lowest BCUT2D eigenvalue weighted by atomic mass is 9.97. The van der Waals surface area contributed by atoms with Gasteiger partial charge in [0.25, 0.3) is 0 Å². The Kier molecular flexibility index (Phi) is 4.81. The van der Waals surface area contributed by atoms with Gasteiger partial charge in [-0.25, -0.2) is 0 Å². The molecule has 0 radical (unpaired) electrons. The third-order valence-electron chi connectivity index (χ3n) is 2.39. The van der Waals surface area contributed by atoms with Crippen LogP contribution in [0, 0.1) is 0 Å². The van der Waals surface area contributed by atoms with Gasteiger partial charge in [-0.3, -0.25) is 4.99 Å². The minimum absolute atomic E-state index is 0.421. The van der Waals surface area contributed by atoms with Crippen LogP contribution in [0.25, 0.3) is 0 Å². The summed E-state index contributed by atoms with van der Waals surface area (Å²) in [5.41, 5.74) is 2.28. The molecule has 88 valence electrons. The van der Waals surface area contributed by atoms with Gasteiger partial charge in [0.15, 0.2) is 0 Å². The third kappa shape index (κ3) is 2.99. The molecule has 0 spiro atoms. The molecule has 0 aliphatic heterocycles. The van der Waals surface area contributed by atoms with Crippen molar-refractivity contribution < 1.29 is 4.74 Å². The smallest absolute Gasteiger partial charge is 0.137 e. The Balaban J connectivity index is 3.24. The van der Waals surface area contributed by atoms with Crippen LogP contribution in [0.5, 0.6) is 5.75 Å². The van der Waals surface area contributed by atoms with E-state index >= 15 is 0 Å². The molecule has 16 heavy (non-hydrogen) atoms. The van der Waals surface area contributed by atoms with Gasteiger partial charge in [-0.15, -0.1) is 0 Å². The fraction of sp³-hybridized carbons (Fsp3) is 0.462. The minimum atomic E-state index is 0.421. The van der Waals surface area contributed by atoms with Crippen LogP contribution in [-0.2, 0) is 0 Å². The van der Waals surface area contributed by atoms with Crippen molar-refractivity contribution in [2.45, 2.75) is 26.7 Å². The zero-order valence-corrected chi connectivity index (χ0v) is 11.0. The number of methoxy groups -OCH3 is 1. The first kappa shape index (κ1) is 13.0. The van der Waals surface area contributed by atoms with Crippen LogP contribution in [0.3, 0.4) is 0 Å². The zero-order chi connectivity index (χ0) is 12.1. The minimum Gasteiger partial charge on any atom is -0.495 e. The van der Waals surface area contributed by atoms with E-state index in [9.17, 15) is 0 Å². The maximum Gasteiger partial charge on any atom is 0.137 e. The van der Waals surface area contributed by atoms with E-state index in [1.54, 1.807) is 7.11 Å². The number of halogens is 1. The van der Waals surface area contributed by atoms with Crippen LogP contribution in [0.2, 0.25) is 5.02 Å². The third-order valence-corrected chi connectivity index (χ3v) is 2.69. The molecule has 3 heteroatoms. The molecule has 1 rings (SSSR count). The van der Waals surface area contributed by atoms with E-state index in [1.165, 1.54) is 5.56 Å². The van der Waals surface area contributed by atoms with E-state index < -0.39 is 0 Å². The highest BCUT2D eigenvalue weighted by Crippen LogP contribution is 2.31. The molecule has 0 fully saturated rings. The number of rotatable bonds is 4. The molecule has 0 heterocycles. The SMILES string of the molecule is CC/N=C/c1cc(Cl)c(OC)cc1C(C)C. The summed E-state index contributed by atoms with van der Waals surface area (Å²) in [5, 5.41) is 0.629. The molecule has 1 aromatic rings. The highest BCUT2D eigenvalue weighted by atomic mass is 35.5. The molecule has 0 bridgehead atoms. The highest BCUT2D eigenvalue weighted by Gasteiger charge is 2.10. The summed E-state index contributed by atoms with van der Waals surface area (Å²) in [7, 11) is 1.63. The number of hydrogen-bond donors (Lipinski definition) is 0. The standard InChI is InChI=1S/C13H18ClNO/c1-5-15-8-10-6-12(14)13(16-4)7-11(10)9(2)3/h6-9H,5H2,1-4H3/b15-8+. The van der Waals surface area contributed by atoms with E-state index in [2.05, 4.69) is 18.8 Å². The van der Waals surface area contributed by atoms with Gasteiger partial charge in [-0.05, 0) is 36.1 Å². The van der Waals surface area contributed by atoms with Gasteiger partial charge >= 0.3 is 0 Å². The maximum absolute atomic E-state index is 6.10. The van der Waals surface area contributed by atoms with Crippen LogP contribution >= 0.6 is 11.6 Å². The second kappa shape index (κ2) is 5.90. The van der Waals surface area contributed by atoms with E-state index in [-0.39, 0.29) is 0 Å². The topological polar surface area (TPSA) is 21.6 Å². The van der Waals surface area contributed by atoms with Crippen molar-refractivity contribution in [3.05, 3.63) is 28.3 Å². The average molecular weight is 240 g/mol. The molecule has 1 aromatic carbocycles. The second-order valence-electron chi connectivity index (χ2n) is 3.90. The number of benzene rings is 1. The molecule has 0 N–H and O–H groups in total. The summed E-state index contributed by atoms with van der Waals surface area (Å²) >= 11 is 6.10. The molecular weight excluding hydrogens is 222 g/mol. The Morgan fingerprint density at radius 2 is 2.12 bits per heavy atom. The summed E-state index contributed by atoms with van der Waals surface area (Å²) in [5.74, 6) is 1.14. The van der Waals surface area contributed by atoms with Gasteiger partial charge in [-0.1, -0.05) is 25.4 Å². The van der Waals surface area contributed by atoms with Gasteiger partial charge in [0, 0.05) is 12.8 Å². The number of ether oxygens (including phenoxy) is 1. The molecule has 0 saturated heterocycles. The summed E-state index contributed by atoms with van der Waals surface area (Å²) in [4.78, 5) is 4.26. The molecule has 0 unspecified atom stereocenters. The summed E-state index contributed by atoms with van der Waals surface area (Å²) in [6.45, 7) is 7.08. The van der Waals surface area contributed by atoms with Gasteiger partial charge < -0.3 is 4.74 Å². The fourth-order valence-corrected chi connectivity index (χ4v) is 1.79. The Labute approximate surface area is 102 Å². The van der Waals surface area contributed by atoms with Crippen LogP contribution in [0.15, 0.2) is 17.1 Å². The van der Waals surface area contributed by atoms with Crippen LogP contribution in [0.4, 0.5) is 0 Å². The van der Waals surface area contributed by atoms with E-state index in [1.807, 2.05) is 25.3 Å². The van der Waals surface area contributed by atoms with Crippen molar-refractivity contribution in [2.24, 2.45) is 4.99 Å². The molecule has 0 amide bonds. The van der Waals surface area contributed by atoms with E-state index in [0.717, 1.165) is 17.9 Å². The lowest BCUT2D eigenvalue weighted by Gasteiger charge is -2.13. The quantitative estimate of drug-likeness (QED) is 0.730. The van der Waals surface area contributed by atoms with E-state index in [4.69, 9.17) is 16.3 Å². The predicted molar refractivity (Wildman–Crippen MR) is 70.2 cm³/mol. The molecule has 0 aliphatic rings. The van der Waals surface area contributed by atoms with Crippen molar-refractivity contribution in [2.75, 3.05) is 13.7 Å². The monoisotopic (exact) mass is 239 g/mol. The number of nitrogens with zero attached hydrogens (tertiary/aromatic N) is 1. The molecule has 0 atom stereocenters. The first-order chi connectivity index (χ1) is 7.60. The average Bonchev–Trinajstić information content (AvgIpc) is 2.25. The Morgan fingerprint density at radius 1 is 1.44 bits per heavy atom. The highest BCUT2D eigenvalue weighted by molar-refractivity contribution is 6.32. The Hall–Kier alpha value is -1.02. The summed E-state index contributed by atoms with van der Waals surface area (Å²) in [6, 6.07) is 3.90. The van der Waals surface area contributed by atoms with Crippen LogP contribution < -0.4 is 4.74 Å². The first-order valence-corrected chi connectivity index (χ1v) is 5.85. The van der Waals surface area contributed by atoms with Crippen LogP contribution in [0.1, 0.15) is 37.8 Å². The van der Waals surface area contributed by atoms with E-state index in [0.29, 0.717) is 10.9 Å². The summed E-state index contributed by atoms with van der Waals surface area (Å²) in [6.07, 6.45) is 1.88. The lowest BCUT2D eigenvalue weighted by Crippen LogP contribution is -1.98. The molecular formula is C13H18ClNO. The van der Waals surface area contributed by atoms with Crippen molar-refractivity contribution in [3.8, 4) is 5.75 Å². The van der Waals surface area contributed by atoms with Gasteiger partial charge in [0.1, 0.15) is 5.75 Å². The lowest BCUT2D eigenvalue weighted by molar-refractivity contribution is 0.414. The molecule has 2 nitrogen and oxygen atoms in total.